The van der Waals surface area contributed by atoms with E-state index in [1.807, 2.05) is 0 Å². The van der Waals surface area contributed by atoms with Gasteiger partial charge in [-0.1, -0.05) is 0 Å². The van der Waals surface area contributed by atoms with Crippen LogP contribution in [-0.2, 0) is 27.7 Å². The first-order chi connectivity index (χ1) is 13.0. The molecule has 2 aromatic carbocycles. The van der Waals surface area contributed by atoms with Crippen molar-refractivity contribution in [3.63, 3.8) is 0 Å². The zero-order valence-corrected chi connectivity index (χ0v) is 15.3. The van der Waals surface area contributed by atoms with Crippen LogP contribution in [0.5, 0.6) is 11.5 Å². The van der Waals surface area contributed by atoms with Gasteiger partial charge >= 0.3 is 0 Å². The Morgan fingerprint density at radius 1 is 0.926 bits per heavy atom. The van der Waals surface area contributed by atoms with Crippen molar-refractivity contribution in [3.8, 4) is 11.5 Å². The predicted octanol–water partition coefficient (Wildman–Crippen LogP) is 2.09. The number of hydrogen-bond donors (Lipinski definition) is 1. The second-order valence-corrected chi connectivity index (χ2v) is 8.53. The van der Waals surface area contributed by atoms with Gasteiger partial charge in [0.25, 0.3) is 10.0 Å². The molecule has 5 rings (SSSR count). The number of nitrogens with zero attached hydrogens (tertiary/aromatic N) is 1. The highest BCUT2D eigenvalue weighted by molar-refractivity contribution is 7.92. The molecule has 7 nitrogen and oxygen atoms in total. The summed E-state index contributed by atoms with van der Waals surface area (Å²) in [6.45, 7) is 1.54. The van der Waals surface area contributed by atoms with Gasteiger partial charge in [0.05, 0.1) is 16.3 Å². The highest BCUT2D eigenvalue weighted by atomic mass is 32.2. The molecule has 0 spiro atoms. The number of carbonyl (C=O) groups excluding carboxylic acids is 1. The molecular weight excluding hydrogens is 368 g/mol. The Bertz CT molecular complexity index is 1060. The number of benzene rings is 2. The van der Waals surface area contributed by atoms with Crippen LogP contribution in [0.25, 0.3) is 0 Å². The maximum absolute atomic E-state index is 12.9. The Morgan fingerprint density at radius 2 is 1.67 bits per heavy atom. The van der Waals surface area contributed by atoms with Gasteiger partial charge in [-0.25, -0.2) is 8.42 Å². The molecule has 0 aliphatic carbocycles. The second kappa shape index (κ2) is 5.88. The van der Waals surface area contributed by atoms with Gasteiger partial charge in [0.2, 0.25) is 5.91 Å². The van der Waals surface area contributed by atoms with Crippen molar-refractivity contribution in [3.05, 3.63) is 41.5 Å². The molecule has 0 fully saturated rings. The summed E-state index contributed by atoms with van der Waals surface area (Å²) in [6, 6.07) is 8.34. The summed E-state index contributed by atoms with van der Waals surface area (Å²) in [4.78, 5) is 14.0. The van der Waals surface area contributed by atoms with E-state index in [1.165, 1.54) is 0 Å². The SMILES string of the molecule is O=C1CCc2cc(S(=O)(=O)Nc3ccc4c(c3)OCCO4)cc3c2N1CC3. The van der Waals surface area contributed by atoms with E-state index in [2.05, 4.69) is 4.72 Å². The average Bonchev–Trinajstić information content (AvgIpc) is 3.10. The topological polar surface area (TPSA) is 84.9 Å². The highest BCUT2D eigenvalue weighted by Crippen LogP contribution is 2.39. The minimum Gasteiger partial charge on any atom is -0.486 e. The molecule has 3 aliphatic rings. The van der Waals surface area contributed by atoms with Gasteiger partial charge in [-0.3, -0.25) is 9.52 Å². The third-order valence-corrected chi connectivity index (χ3v) is 6.49. The highest BCUT2D eigenvalue weighted by Gasteiger charge is 2.33. The van der Waals surface area contributed by atoms with Crippen LogP contribution >= 0.6 is 0 Å². The molecule has 0 atom stereocenters. The summed E-state index contributed by atoms with van der Waals surface area (Å²) in [7, 11) is -3.75. The maximum Gasteiger partial charge on any atom is 0.261 e. The number of rotatable bonds is 3. The monoisotopic (exact) mass is 386 g/mol. The molecule has 0 aromatic heterocycles. The maximum atomic E-state index is 12.9. The van der Waals surface area contributed by atoms with Crippen molar-refractivity contribution in [1.82, 2.24) is 0 Å². The Hall–Kier alpha value is -2.74. The standard InChI is InChI=1S/C19H18N2O5S/c22-18-4-1-12-9-15(10-13-5-6-21(18)19(12)13)27(23,24)20-14-2-3-16-17(11-14)26-8-7-25-16/h2-3,9-11,20H,1,4-8H2. The molecule has 0 saturated heterocycles. The molecule has 1 N–H and O–H groups in total. The number of hydrogen-bond acceptors (Lipinski definition) is 5. The lowest BCUT2D eigenvalue weighted by molar-refractivity contribution is -0.118. The average molecular weight is 386 g/mol. The molecule has 0 unspecified atom stereocenters. The Balaban J connectivity index is 1.49. The first-order valence-corrected chi connectivity index (χ1v) is 10.4. The number of anilines is 2. The Labute approximate surface area is 156 Å². The van der Waals surface area contributed by atoms with Crippen molar-refractivity contribution >= 4 is 27.3 Å². The fourth-order valence-corrected chi connectivity index (χ4v) is 5.05. The Kier molecular flexibility index (Phi) is 3.58. The summed E-state index contributed by atoms with van der Waals surface area (Å²) in [5.74, 6) is 1.25. The number of fused-ring (bicyclic) bond motifs is 1. The molecule has 0 saturated carbocycles. The van der Waals surface area contributed by atoms with Crippen molar-refractivity contribution in [2.24, 2.45) is 0 Å². The number of carbonyl (C=O) groups is 1. The van der Waals surface area contributed by atoms with E-state index in [9.17, 15) is 13.2 Å². The number of aryl methyl sites for hydroxylation is 1. The quantitative estimate of drug-likeness (QED) is 0.873. The van der Waals surface area contributed by atoms with E-state index in [4.69, 9.17) is 9.47 Å². The Morgan fingerprint density at radius 3 is 2.48 bits per heavy atom. The summed E-state index contributed by atoms with van der Waals surface area (Å²) in [5.41, 5.74) is 3.17. The third-order valence-electron chi connectivity index (χ3n) is 5.13. The van der Waals surface area contributed by atoms with E-state index in [1.54, 1.807) is 35.2 Å². The van der Waals surface area contributed by atoms with Gasteiger partial charge in [0.1, 0.15) is 13.2 Å². The van der Waals surface area contributed by atoms with E-state index in [-0.39, 0.29) is 10.8 Å². The van der Waals surface area contributed by atoms with Crippen LogP contribution < -0.4 is 19.1 Å². The lowest BCUT2D eigenvalue weighted by Crippen LogP contribution is -2.33. The van der Waals surface area contributed by atoms with E-state index in [0.29, 0.717) is 56.2 Å². The van der Waals surface area contributed by atoms with Crippen molar-refractivity contribution in [1.29, 1.82) is 0 Å². The van der Waals surface area contributed by atoms with Gasteiger partial charge in [0.15, 0.2) is 11.5 Å². The van der Waals surface area contributed by atoms with Crippen molar-refractivity contribution < 1.29 is 22.7 Å². The van der Waals surface area contributed by atoms with Gasteiger partial charge in [-0.2, -0.15) is 0 Å². The molecule has 140 valence electrons. The lowest BCUT2D eigenvalue weighted by atomic mass is 10.00. The summed E-state index contributed by atoms with van der Waals surface area (Å²) in [5, 5.41) is 0. The van der Waals surface area contributed by atoms with E-state index >= 15 is 0 Å². The van der Waals surface area contributed by atoms with Crippen LogP contribution in [0, 0.1) is 0 Å². The smallest absolute Gasteiger partial charge is 0.261 e. The zero-order chi connectivity index (χ0) is 18.6. The molecule has 0 radical (unpaired) electrons. The van der Waals surface area contributed by atoms with E-state index in [0.717, 1.165) is 16.8 Å². The number of amides is 1. The summed E-state index contributed by atoms with van der Waals surface area (Å²) < 4.78 is 39.5. The number of nitrogens with one attached hydrogen (secondary N) is 1. The second-order valence-electron chi connectivity index (χ2n) is 6.85. The summed E-state index contributed by atoms with van der Waals surface area (Å²) in [6.07, 6.45) is 1.68. The van der Waals surface area contributed by atoms with Crippen LogP contribution in [-0.4, -0.2) is 34.1 Å². The fourth-order valence-electron chi connectivity index (χ4n) is 3.90. The van der Waals surface area contributed by atoms with E-state index < -0.39 is 10.0 Å². The largest absolute Gasteiger partial charge is 0.486 e. The van der Waals surface area contributed by atoms with Crippen molar-refractivity contribution in [2.75, 3.05) is 29.4 Å². The number of sulfonamides is 1. The summed E-state index contributed by atoms with van der Waals surface area (Å²) >= 11 is 0. The van der Waals surface area contributed by atoms with Gasteiger partial charge in [0, 0.05) is 19.0 Å². The molecule has 1 amide bonds. The zero-order valence-electron chi connectivity index (χ0n) is 14.5. The molecule has 2 aromatic rings. The molecule has 3 aliphatic heterocycles. The first kappa shape index (κ1) is 16.4. The first-order valence-electron chi connectivity index (χ1n) is 8.90. The normalized spacial score (nSPS) is 17.6. The molecule has 0 bridgehead atoms. The lowest BCUT2D eigenvalue weighted by Gasteiger charge is -2.25. The minimum absolute atomic E-state index is 0.117. The minimum atomic E-state index is -3.75. The van der Waals surface area contributed by atoms with Crippen LogP contribution in [0.15, 0.2) is 35.2 Å². The van der Waals surface area contributed by atoms with Gasteiger partial charge < -0.3 is 14.4 Å². The molecule has 27 heavy (non-hydrogen) atoms. The van der Waals surface area contributed by atoms with Crippen LogP contribution in [0.4, 0.5) is 11.4 Å². The van der Waals surface area contributed by atoms with Crippen LogP contribution in [0.1, 0.15) is 17.5 Å². The van der Waals surface area contributed by atoms with Crippen LogP contribution in [0.2, 0.25) is 0 Å². The number of ether oxygens (including phenoxy) is 2. The fraction of sp³-hybridized carbons (Fsp3) is 0.316. The molecule has 8 heteroatoms. The third kappa shape index (κ3) is 2.71. The van der Waals surface area contributed by atoms with Crippen molar-refractivity contribution in [2.45, 2.75) is 24.2 Å². The predicted molar refractivity (Wildman–Crippen MR) is 99.1 cm³/mol. The van der Waals surface area contributed by atoms with Crippen LogP contribution in [0.3, 0.4) is 0 Å². The van der Waals surface area contributed by atoms with Gasteiger partial charge in [-0.05, 0) is 48.2 Å². The van der Waals surface area contributed by atoms with Gasteiger partial charge in [-0.15, -0.1) is 0 Å². The molecule has 3 heterocycles. The molecular formula is C19H18N2O5S.